The van der Waals surface area contributed by atoms with E-state index in [2.05, 4.69) is 10.4 Å². The van der Waals surface area contributed by atoms with Crippen molar-refractivity contribution < 1.29 is 5.11 Å². The van der Waals surface area contributed by atoms with Crippen LogP contribution in [-0.4, -0.2) is 27.5 Å². The van der Waals surface area contributed by atoms with E-state index in [1.54, 1.807) is 0 Å². The third kappa shape index (κ3) is 3.94. The third-order valence-electron chi connectivity index (χ3n) is 3.38. The minimum atomic E-state index is -0.346. The minimum Gasteiger partial charge on any atom is -0.393 e. The number of aromatic nitrogens is 2. The van der Waals surface area contributed by atoms with Gasteiger partial charge in [-0.15, -0.1) is 0 Å². The molecule has 0 amide bonds. The van der Waals surface area contributed by atoms with Crippen LogP contribution in [0.4, 0.5) is 5.69 Å². The van der Waals surface area contributed by atoms with Crippen LogP contribution in [0.1, 0.15) is 32.6 Å². The van der Waals surface area contributed by atoms with Crippen LogP contribution in [0.5, 0.6) is 0 Å². The van der Waals surface area contributed by atoms with Crippen LogP contribution in [0.15, 0.2) is 11.0 Å². The zero-order chi connectivity index (χ0) is 13.8. The number of aliphatic hydroxyl groups is 1. The summed E-state index contributed by atoms with van der Waals surface area (Å²) in [5.74, 6) is 0.584. The van der Waals surface area contributed by atoms with Gasteiger partial charge in [-0.25, -0.2) is 4.68 Å². The first-order valence-electron chi connectivity index (χ1n) is 6.79. The number of aliphatic hydroxyl groups excluding tert-OH is 1. The lowest BCUT2D eigenvalue weighted by molar-refractivity contribution is 0.164. The van der Waals surface area contributed by atoms with Gasteiger partial charge in [0.1, 0.15) is 5.69 Å². The van der Waals surface area contributed by atoms with Gasteiger partial charge in [0.25, 0.3) is 5.56 Å². The molecular weight excluding hydrogens is 266 g/mol. The van der Waals surface area contributed by atoms with Crippen molar-refractivity contribution >= 4 is 17.3 Å². The topological polar surface area (TPSA) is 67.2 Å². The highest BCUT2D eigenvalue weighted by Gasteiger charge is 2.23. The van der Waals surface area contributed by atoms with E-state index >= 15 is 0 Å². The van der Waals surface area contributed by atoms with Crippen molar-refractivity contribution in [1.29, 1.82) is 0 Å². The van der Waals surface area contributed by atoms with Gasteiger partial charge >= 0.3 is 0 Å². The lowest BCUT2D eigenvalue weighted by Crippen LogP contribution is -2.27. The first-order valence-corrected chi connectivity index (χ1v) is 7.17. The van der Waals surface area contributed by atoms with Crippen molar-refractivity contribution in [2.45, 2.75) is 45.3 Å². The molecule has 0 aliphatic heterocycles. The lowest BCUT2D eigenvalue weighted by atomic mass is 10.2. The molecule has 1 unspecified atom stereocenters. The molecule has 19 heavy (non-hydrogen) atoms. The van der Waals surface area contributed by atoms with Gasteiger partial charge in [-0.3, -0.25) is 4.79 Å². The van der Waals surface area contributed by atoms with Crippen molar-refractivity contribution in [3.8, 4) is 0 Å². The van der Waals surface area contributed by atoms with Crippen LogP contribution in [-0.2, 0) is 6.54 Å². The second-order valence-electron chi connectivity index (χ2n) is 5.08. The van der Waals surface area contributed by atoms with E-state index in [0.717, 1.165) is 0 Å². The summed E-state index contributed by atoms with van der Waals surface area (Å²) in [5, 5.41) is 16.9. The molecule has 1 aliphatic carbocycles. The summed E-state index contributed by atoms with van der Waals surface area (Å²) in [6.45, 7) is 3.12. The summed E-state index contributed by atoms with van der Waals surface area (Å²) in [6.07, 6.45) is 4.80. The number of rotatable bonds is 7. The van der Waals surface area contributed by atoms with E-state index in [1.165, 1.54) is 23.7 Å². The Kier molecular flexibility index (Phi) is 4.82. The smallest absolute Gasteiger partial charge is 0.291 e. The Bertz CT molecular complexity index is 485. The molecule has 1 atom stereocenters. The van der Waals surface area contributed by atoms with Crippen molar-refractivity contribution in [3.63, 3.8) is 0 Å². The van der Waals surface area contributed by atoms with Crippen molar-refractivity contribution in [1.82, 2.24) is 9.78 Å². The Morgan fingerprint density at radius 3 is 3.00 bits per heavy atom. The SMILES string of the molecule is CCC(O)CCNc1c(Cl)cnn(CC2CC2)c1=O. The Morgan fingerprint density at radius 2 is 2.37 bits per heavy atom. The summed E-state index contributed by atoms with van der Waals surface area (Å²) in [5.41, 5.74) is 0.214. The van der Waals surface area contributed by atoms with E-state index < -0.39 is 0 Å². The van der Waals surface area contributed by atoms with Crippen molar-refractivity contribution in [2.24, 2.45) is 5.92 Å². The quantitative estimate of drug-likeness (QED) is 0.803. The number of nitrogens with zero attached hydrogens (tertiary/aromatic N) is 2. The maximum absolute atomic E-state index is 12.2. The van der Waals surface area contributed by atoms with Gasteiger partial charge in [-0.2, -0.15) is 5.10 Å². The van der Waals surface area contributed by atoms with Crippen molar-refractivity contribution in [2.75, 3.05) is 11.9 Å². The molecule has 0 radical (unpaired) electrons. The van der Waals surface area contributed by atoms with Crippen LogP contribution in [0, 0.1) is 5.92 Å². The highest BCUT2D eigenvalue weighted by molar-refractivity contribution is 6.32. The molecule has 1 aromatic rings. The van der Waals surface area contributed by atoms with Gasteiger partial charge in [0.05, 0.1) is 17.3 Å². The maximum Gasteiger partial charge on any atom is 0.291 e. The molecule has 1 aliphatic rings. The van der Waals surface area contributed by atoms with E-state index in [4.69, 9.17) is 11.6 Å². The standard InChI is InChI=1S/C13H20ClN3O2/c1-2-10(18)5-6-15-12-11(14)7-16-17(13(12)19)8-9-3-4-9/h7,9-10,15,18H,2-6,8H2,1H3. The van der Waals surface area contributed by atoms with E-state index in [0.29, 0.717) is 42.6 Å². The molecule has 2 rings (SSSR count). The molecule has 106 valence electrons. The molecule has 1 fully saturated rings. The van der Waals surface area contributed by atoms with Gasteiger partial charge in [0.2, 0.25) is 0 Å². The average molecular weight is 286 g/mol. The largest absolute Gasteiger partial charge is 0.393 e. The molecule has 1 heterocycles. The molecular formula is C13H20ClN3O2. The average Bonchev–Trinajstić information content (AvgIpc) is 3.20. The molecule has 5 nitrogen and oxygen atoms in total. The van der Waals surface area contributed by atoms with E-state index in [1.807, 2.05) is 6.92 Å². The molecule has 0 spiro atoms. The highest BCUT2D eigenvalue weighted by atomic mass is 35.5. The number of anilines is 1. The Balaban J connectivity index is 2.03. The molecule has 1 saturated carbocycles. The molecule has 2 N–H and O–H groups in total. The minimum absolute atomic E-state index is 0.176. The molecule has 0 aromatic carbocycles. The fraction of sp³-hybridized carbons (Fsp3) is 0.692. The lowest BCUT2D eigenvalue weighted by Gasteiger charge is -2.12. The van der Waals surface area contributed by atoms with Gasteiger partial charge in [-0.1, -0.05) is 18.5 Å². The van der Waals surface area contributed by atoms with Gasteiger partial charge in [0.15, 0.2) is 0 Å². The molecule has 6 heteroatoms. The normalized spacial score (nSPS) is 16.4. The van der Waals surface area contributed by atoms with Crippen LogP contribution < -0.4 is 10.9 Å². The van der Waals surface area contributed by atoms with Gasteiger partial charge in [-0.05, 0) is 31.6 Å². The Hall–Kier alpha value is -1.07. The maximum atomic E-state index is 12.2. The molecule has 0 saturated heterocycles. The predicted molar refractivity (Wildman–Crippen MR) is 75.6 cm³/mol. The van der Waals surface area contributed by atoms with E-state index in [9.17, 15) is 9.90 Å². The summed E-state index contributed by atoms with van der Waals surface area (Å²) in [6, 6.07) is 0. The zero-order valence-corrected chi connectivity index (χ0v) is 11.9. The first kappa shape index (κ1) is 14.3. The fourth-order valence-electron chi connectivity index (χ4n) is 1.87. The highest BCUT2D eigenvalue weighted by Crippen LogP contribution is 2.30. The summed E-state index contributed by atoms with van der Waals surface area (Å²) in [4.78, 5) is 12.2. The number of hydrogen-bond donors (Lipinski definition) is 2. The summed E-state index contributed by atoms with van der Waals surface area (Å²) in [7, 11) is 0. The summed E-state index contributed by atoms with van der Waals surface area (Å²) < 4.78 is 1.47. The zero-order valence-electron chi connectivity index (χ0n) is 11.1. The Morgan fingerprint density at radius 1 is 1.63 bits per heavy atom. The second-order valence-corrected chi connectivity index (χ2v) is 5.48. The van der Waals surface area contributed by atoms with Gasteiger partial charge in [0, 0.05) is 13.1 Å². The molecule has 1 aromatic heterocycles. The van der Waals surface area contributed by atoms with Crippen LogP contribution >= 0.6 is 11.6 Å². The first-order chi connectivity index (χ1) is 9.11. The monoisotopic (exact) mass is 285 g/mol. The number of nitrogens with one attached hydrogen (secondary N) is 1. The van der Waals surface area contributed by atoms with Crippen LogP contribution in [0.25, 0.3) is 0 Å². The summed E-state index contributed by atoms with van der Waals surface area (Å²) >= 11 is 6.00. The van der Waals surface area contributed by atoms with Crippen LogP contribution in [0.2, 0.25) is 5.02 Å². The number of halogens is 1. The van der Waals surface area contributed by atoms with Crippen molar-refractivity contribution in [3.05, 3.63) is 21.6 Å². The van der Waals surface area contributed by atoms with Crippen LogP contribution in [0.3, 0.4) is 0 Å². The van der Waals surface area contributed by atoms with Gasteiger partial charge < -0.3 is 10.4 Å². The third-order valence-corrected chi connectivity index (χ3v) is 3.66. The number of hydrogen-bond acceptors (Lipinski definition) is 4. The predicted octanol–water partition coefficient (Wildman–Crippen LogP) is 1.88. The van der Waals surface area contributed by atoms with E-state index in [-0.39, 0.29) is 11.7 Å². The second kappa shape index (κ2) is 6.39. The molecule has 0 bridgehead atoms. The Labute approximate surface area is 117 Å². The fourth-order valence-corrected chi connectivity index (χ4v) is 2.06.